The number of hydrogen-bond donors (Lipinski definition) is 2. The lowest BCUT2D eigenvalue weighted by Crippen LogP contribution is -2.37. The highest BCUT2D eigenvalue weighted by Crippen LogP contribution is 2.31. The molecule has 0 aromatic heterocycles. The molecule has 1 aliphatic heterocycles. The molecule has 0 aliphatic carbocycles. The minimum absolute atomic E-state index is 0.206. The average molecular weight is 343 g/mol. The second kappa shape index (κ2) is 6.20. The van der Waals surface area contributed by atoms with E-state index in [-0.39, 0.29) is 6.10 Å². The molecule has 0 radical (unpaired) electrons. The zero-order valence-corrected chi connectivity index (χ0v) is 13.4. The summed E-state index contributed by atoms with van der Waals surface area (Å²) in [6.45, 7) is 3.83. The molecule has 3 nitrogen and oxygen atoms in total. The van der Waals surface area contributed by atoms with Crippen molar-refractivity contribution in [2.75, 3.05) is 18.0 Å². The topological polar surface area (TPSA) is 49.5 Å². The van der Waals surface area contributed by atoms with Crippen molar-refractivity contribution < 1.29 is 5.11 Å². The standard InChI is InChI=1S/C14H19BrN2OS/c1-9(18)10-4-6-17(7-5-10)13-3-2-11(14(16)19)8-12(13)15/h2-3,8-10,18H,4-7H2,1H3,(H2,16,19). The molecular weight excluding hydrogens is 324 g/mol. The van der Waals surface area contributed by atoms with E-state index in [4.69, 9.17) is 18.0 Å². The lowest BCUT2D eigenvalue weighted by molar-refractivity contribution is 0.110. The van der Waals surface area contributed by atoms with Crippen LogP contribution in [0.25, 0.3) is 0 Å². The summed E-state index contributed by atoms with van der Waals surface area (Å²) >= 11 is 8.57. The third-order valence-corrected chi connectivity index (χ3v) is 4.67. The summed E-state index contributed by atoms with van der Waals surface area (Å²) < 4.78 is 1.02. The largest absolute Gasteiger partial charge is 0.393 e. The maximum absolute atomic E-state index is 9.63. The van der Waals surface area contributed by atoms with Crippen LogP contribution >= 0.6 is 28.1 Å². The van der Waals surface area contributed by atoms with Gasteiger partial charge in [0.25, 0.3) is 0 Å². The molecule has 1 heterocycles. The molecule has 3 N–H and O–H groups in total. The van der Waals surface area contributed by atoms with Crippen molar-refractivity contribution in [3.63, 3.8) is 0 Å². The second-order valence-corrected chi connectivity index (χ2v) is 6.39. The number of halogens is 1. The van der Waals surface area contributed by atoms with E-state index < -0.39 is 0 Å². The molecule has 1 saturated heterocycles. The first-order valence-corrected chi connectivity index (χ1v) is 7.71. The van der Waals surface area contributed by atoms with Gasteiger partial charge in [-0.05, 0) is 59.8 Å². The quantitative estimate of drug-likeness (QED) is 0.829. The number of aliphatic hydroxyl groups excluding tert-OH is 1. The Morgan fingerprint density at radius 2 is 2.11 bits per heavy atom. The van der Waals surface area contributed by atoms with E-state index in [1.54, 1.807) is 0 Å². The van der Waals surface area contributed by atoms with Gasteiger partial charge in [-0.3, -0.25) is 0 Å². The van der Waals surface area contributed by atoms with Gasteiger partial charge in [0.1, 0.15) is 4.99 Å². The van der Waals surface area contributed by atoms with Crippen LogP contribution in [0.1, 0.15) is 25.3 Å². The molecule has 2 rings (SSSR count). The molecule has 0 amide bonds. The third-order valence-electron chi connectivity index (χ3n) is 3.79. The first-order valence-electron chi connectivity index (χ1n) is 6.51. The third kappa shape index (κ3) is 3.46. The first-order chi connectivity index (χ1) is 8.99. The molecule has 1 aliphatic rings. The molecule has 5 heteroatoms. The van der Waals surface area contributed by atoms with Gasteiger partial charge in [0, 0.05) is 23.1 Å². The molecule has 104 valence electrons. The summed E-state index contributed by atoms with van der Waals surface area (Å²) in [6.07, 6.45) is 1.85. The summed E-state index contributed by atoms with van der Waals surface area (Å²) in [5.74, 6) is 0.422. The number of piperidine rings is 1. The van der Waals surface area contributed by atoms with Crippen LogP contribution in [0.5, 0.6) is 0 Å². The van der Waals surface area contributed by atoms with Gasteiger partial charge in [-0.25, -0.2) is 0 Å². The van der Waals surface area contributed by atoms with Crippen molar-refractivity contribution in [1.82, 2.24) is 0 Å². The zero-order valence-electron chi connectivity index (χ0n) is 11.0. The number of benzene rings is 1. The number of anilines is 1. The Hall–Kier alpha value is -0.650. The lowest BCUT2D eigenvalue weighted by atomic mass is 9.92. The Morgan fingerprint density at radius 3 is 2.58 bits per heavy atom. The van der Waals surface area contributed by atoms with Crippen molar-refractivity contribution in [2.45, 2.75) is 25.9 Å². The van der Waals surface area contributed by atoms with Gasteiger partial charge in [-0.15, -0.1) is 0 Å². The second-order valence-electron chi connectivity index (χ2n) is 5.10. The van der Waals surface area contributed by atoms with E-state index in [9.17, 15) is 5.11 Å². The Bertz CT molecular complexity index is 471. The Labute approximate surface area is 127 Å². The van der Waals surface area contributed by atoms with Gasteiger partial charge in [-0.1, -0.05) is 12.2 Å². The Morgan fingerprint density at radius 1 is 1.47 bits per heavy atom. The molecule has 19 heavy (non-hydrogen) atoms. The van der Waals surface area contributed by atoms with E-state index >= 15 is 0 Å². The van der Waals surface area contributed by atoms with Crippen molar-refractivity contribution in [1.29, 1.82) is 0 Å². The van der Waals surface area contributed by atoms with Crippen molar-refractivity contribution >= 4 is 38.8 Å². The van der Waals surface area contributed by atoms with Gasteiger partial charge in [0.05, 0.1) is 11.8 Å². The molecular formula is C14H19BrN2OS. The van der Waals surface area contributed by atoms with Crippen LogP contribution in [0.3, 0.4) is 0 Å². The molecule has 1 atom stereocenters. The highest BCUT2D eigenvalue weighted by molar-refractivity contribution is 9.10. The van der Waals surface area contributed by atoms with Gasteiger partial charge < -0.3 is 15.7 Å². The SMILES string of the molecule is CC(O)C1CCN(c2ccc(C(N)=S)cc2Br)CC1. The summed E-state index contributed by atoms with van der Waals surface area (Å²) in [5.41, 5.74) is 7.68. The predicted octanol–water partition coefficient (Wildman–Crippen LogP) is 2.68. The van der Waals surface area contributed by atoms with Crippen molar-refractivity contribution in [3.8, 4) is 0 Å². The van der Waals surface area contributed by atoms with Crippen LogP contribution in [0, 0.1) is 5.92 Å². The minimum atomic E-state index is -0.206. The van der Waals surface area contributed by atoms with E-state index in [0.717, 1.165) is 36.0 Å². The summed E-state index contributed by atoms with van der Waals surface area (Å²) in [7, 11) is 0. The minimum Gasteiger partial charge on any atom is -0.393 e. The van der Waals surface area contributed by atoms with Crippen LogP contribution in [-0.2, 0) is 0 Å². The van der Waals surface area contributed by atoms with E-state index in [1.165, 1.54) is 5.69 Å². The molecule has 1 unspecified atom stereocenters. The van der Waals surface area contributed by atoms with Gasteiger partial charge in [0.15, 0.2) is 0 Å². The Balaban J connectivity index is 2.09. The fourth-order valence-corrected chi connectivity index (χ4v) is 3.30. The lowest BCUT2D eigenvalue weighted by Gasteiger charge is -2.35. The number of nitrogens with two attached hydrogens (primary N) is 1. The van der Waals surface area contributed by atoms with Crippen LogP contribution in [0.4, 0.5) is 5.69 Å². The predicted molar refractivity (Wildman–Crippen MR) is 86.6 cm³/mol. The highest BCUT2D eigenvalue weighted by atomic mass is 79.9. The average Bonchev–Trinajstić information content (AvgIpc) is 2.38. The van der Waals surface area contributed by atoms with Gasteiger partial charge in [-0.2, -0.15) is 0 Å². The molecule has 1 fully saturated rings. The maximum atomic E-state index is 9.63. The van der Waals surface area contributed by atoms with E-state index in [2.05, 4.69) is 26.9 Å². The first kappa shape index (κ1) is 14.8. The van der Waals surface area contributed by atoms with E-state index in [1.807, 2.05) is 19.1 Å². The van der Waals surface area contributed by atoms with Gasteiger partial charge in [0.2, 0.25) is 0 Å². The molecule has 0 bridgehead atoms. The smallest absolute Gasteiger partial charge is 0.104 e. The van der Waals surface area contributed by atoms with Crippen LogP contribution in [0.2, 0.25) is 0 Å². The normalized spacial score (nSPS) is 18.4. The number of hydrogen-bond acceptors (Lipinski definition) is 3. The molecule has 1 aromatic carbocycles. The number of rotatable bonds is 3. The van der Waals surface area contributed by atoms with Crippen LogP contribution in [-0.4, -0.2) is 29.3 Å². The number of aliphatic hydroxyl groups is 1. The van der Waals surface area contributed by atoms with E-state index in [0.29, 0.717) is 10.9 Å². The monoisotopic (exact) mass is 342 g/mol. The number of nitrogens with zero attached hydrogens (tertiary/aromatic N) is 1. The van der Waals surface area contributed by atoms with Crippen molar-refractivity contribution in [3.05, 3.63) is 28.2 Å². The fraction of sp³-hybridized carbons (Fsp3) is 0.500. The van der Waals surface area contributed by atoms with Crippen LogP contribution in [0.15, 0.2) is 22.7 Å². The van der Waals surface area contributed by atoms with Gasteiger partial charge >= 0.3 is 0 Å². The maximum Gasteiger partial charge on any atom is 0.104 e. The summed E-state index contributed by atoms with van der Waals surface area (Å²) in [5, 5.41) is 9.63. The molecule has 0 spiro atoms. The molecule has 1 aromatic rings. The summed E-state index contributed by atoms with van der Waals surface area (Å²) in [6, 6.07) is 5.99. The van der Waals surface area contributed by atoms with Crippen LogP contribution < -0.4 is 10.6 Å². The number of thiocarbonyl (C=S) groups is 1. The zero-order chi connectivity index (χ0) is 14.0. The fourth-order valence-electron chi connectivity index (χ4n) is 2.54. The van der Waals surface area contributed by atoms with Crippen molar-refractivity contribution in [2.24, 2.45) is 11.7 Å². The Kier molecular flexibility index (Phi) is 4.81. The summed E-state index contributed by atoms with van der Waals surface area (Å²) in [4.78, 5) is 2.76. The molecule has 0 saturated carbocycles. The highest BCUT2D eigenvalue weighted by Gasteiger charge is 2.23.